The molecule has 1 saturated heterocycles. The second-order valence-electron chi connectivity index (χ2n) is 4.87. The highest BCUT2D eigenvalue weighted by Crippen LogP contribution is 2.22. The average Bonchev–Trinajstić information content (AvgIpc) is 2.47. The van der Waals surface area contributed by atoms with Crippen molar-refractivity contribution in [1.29, 1.82) is 0 Å². The van der Waals surface area contributed by atoms with E-state index in [9.17, 15) is 14.8 Å². The maximum absolute atomic E-state index is 12.3. The normalized spacial score (nSPS) is 17.3. The van der Waals surface area contributed by atoms with Gasteiger partial charge in [-0.15, -0.1) is 0 Å². The third-order valence-electron chi connectivity index (χ3n) is 3.40. The number of nitrogens with two attached hydrogens (primary N) is 1. The van der Waals surface area contributed by atoms with Crippen molar-refractivity contribution in [3.63, 3.8) is 0 Å². The number of nitrogens with zero attached hydrogens (tertiary/aromatic N) is 2. The first-order valence-electron chi connectivity index (χ1n) is 6.79. The summed E-state index contributed by atoms with van der Waals surface area (Å²) < 4.78 is 5.05. The third kappa shape index (κ3) is 4.44. The molecule has 1 heterocycles. The number of carbonyl (C=O) groups excluding carboxylic acids is 2. The molecular formula is C14H19N3O4. The molecular weight excluding hydrogens is 274 g/mol. The van der Waals surface area contributed by atoms with Crippen molar-refractivity contribution in [2.24, 2.45) is 5.73 Å². The third-order valence-corrected chi connectivity index (χ3v) is 3.40. The summed E-state index contributed by atoms with van der Waals surface area (Å²) in [5.41, 5.74) is 5.80. The van der Waals surface area contributed by atoms with Crippen molar-refractivity contribution < 1.29 is 19.5 Å². The van der Waals surface area contributed by atoms with Crippen molar-refractivity contribution in [3.8, 4) is 0 Å². The van der Waals surface area contributed by atoms with Gasteiger partial charge in [0.2, 0.25) is 5.91 Å². The van der Waals surface area contributed by atoms with Gasteiger partial charge in [0.05, 0.1) is 6.42 Å². The zero-order chi connectivity index (χ0) is 15.2. The number of hydrogen-bond donors (Lipinski definition) is 2. The standard InChI is InChI=1S/C14H19N3O4/c15-14(19)21-12(11-4-2-1-3-5-11)10-13(18)16-6-8-17(20)9-7-16/h1-5,12,20H,6-10H2,(H2,15,19)/t12-/m1/s1. The van der Waals surface area contributed by atoms with Gasteiger partial charge in [-0.2, -0.15) is 5.06 Å². The summed E-state index contributed by atoms with van der Waals surface area (Å²) in [6.07, 6.45) is -1.56. The van der Waals surface area contributed by atoms with Crippen LogP contribution in [-0.4, -0.2) is 53.3 Å². The predicted molar refractivity (Wildman–Crippen MR) is 74.4 cm³/mol. The van der Waals surface area contributed by atoms with Gasteiger partial charge in [-0.25, -0.2) is 4.79 Å². The highest BCUT2D eigenvalue weighted by molar-refractivity contribution is 5.77. The van der Waals surface area contributed by atoms with E-state index in [-0.39, 0.29) is 12.3 Å². The van der Waals surface area contributed by atoms with Crippen LogP contribution in [-0.2, 0) is 9.53 Å². The second-order valence-corrected chi connectivity index (χ2v) is 4.87. The smallest absolute Gasteiger partial charge is 0.405 e. The Morgan fingerprint density at radius 3 is 2.38 bits per heavy atom. The van der Waals surface area contributed by atoms with E-state index in [0.29, 0.717) is 26.2 Å². The van der Waals surface area contributed by atoms with Gasteiger partial charge in [-0.1, -0.05) is 30.3 Å². The molecule has 114 valence electrons. The number of carbonyl (C=O) groups is 2. The van der Waals surface area contributed by atoms with E-state index in [4.69, 9.17) is 10.5 Å². The lowest BCUT2D eigenvalue weighted by Gasteiger charge is -2.32. The Hall–Kier alpha value is -2.12. The molecule has 1 aromatic carbocycles. The molecule has 0 saturated carbocycles. The molecule has 2 rings (SSSR count). The number of piperazine rings is 1. The minimum Gasteiger partial charge on any atom is -0.441 e. The zero-order valence-electron chi connectivity index (χ0n) is 11.6. The molecule has 0 unspecified atom stereocenters. The molecule has 1 aliphatic heterocycles. The summed E-state index contributed by atoms with van der Waals surface area (Å²) in [6, 6.07) is 9.02. The number of rotatable bonds is 4. The Labute approximate surface area is 122 Å². The molecule has 0 aliphatic carbocycles. The molecule has 2 amide bonds. The van der Waals surface area contributed by atoms with E-state index in [1.807, 2.05) is 18.2 Å². The second kappa shape index (κ2) is 7.05. The van der Waals surface area contributed by atoms with Crippen LogP contribution in [0.25, 0.3) is 0 Å². The number of ether oxygens (including phenoxy) is 1. The maximum Gasteiger partial charge on any atom is 0.405 e. The summed E-state index contributed by atoms with van der Waals surface area (Å²) in [5.74, 6) is -0.127. The molecule has 1 aromatic rings. The van der Waals surface area contributed by atoms with Gasteiger partial charge in [0.1, 0.15) is 6.10 Å². The monoisotopic (exact) mass is 293 g/mol. The van der Waals surface area contributed by atoms with E-state index in [2.05, 4.69) is 0 Å². The van der Waals surface area contributed by atoms with Gasteiger partial charge >= 0.3 is 6.09 Å². The Morgan fingerprint density at radius 1 is 1.19 bits per heavy atom. The van der Waals surface area contributed by atoms with Crippen LogP contribution in [0.1, 0.15) is 18.1 Å². The molecule has 1 aliphatic rings. The molecule has 7 heteroatoms. The van der Waals surface area contributed by atoms with Crippen LogP contribution in [0.4, 0.5) is 4.79 Å². The topological polar surface area (TPSA) is 96.1 Å². The first-order chi connectivity index (χ1) is 10.1. The van der Waals surface area contributed by atoms with Crippen molar-refractivity contribution in [2.75, 3.05) is 26.2 Å². The average molecular weight is 293 g/mol. The Bertz CT molecular complexity index is 486. The van der Waals surface area contributed by atoms with Crippen molar-refractivity contribution in [1.82, 2.24) is 9.96 Å². The minimum atomic E-state index is -0.906. The van der Waals surface area contributed by atoms with E-state index in [0.717, 1.165) is 5.56 Å². The number of benzene rings is 1. The lowest BCUT2D eigenvalue weighted by Crippen LogP contribution is -2.47. The maximum atomic E-state index is 12.3. The van der Waals surface area contributed by atoms with Gasteiger partial charge in [0.15, 0.2) is 0 Å². The predicted octanol–water partition coefficient (Wildman–Crippen LogP) is 0.747. The Kier molecular flexibility index (Phi) is 5.13. The lowest BCUT2D eigenvalue weighted by atomic mass is 10.1. The fraction of sp³-hybridized carbons (Fsp3) is 0.429. The molecule has 7 nitrogen and oxygen atoms in total. The molecule has 3 N–H and O–H groups in total. The van der Waals surface area contributed by atoms with Gasteiger partial charge in [0.25, 0.3) is 0 Å². The van der Waals surface area contributed by atoms with Crippen LogP contribution in [0.5, 0.6) is 0 Å². The SMILES string of the molecule is NC(=O)O[C@H](CC(=O)N1CCN(O)CC1)c1ccccc1. The number of primary amides is 1. The van der Waals surface area contributed by atoms with Crippen molar-refractivity contribution >= 4 is 12.0 Å². The first kappa shape index (κ1) is 15.3. The van der Waals surface area contributed by atoms with E-state index < -0.39 is 12.2 Å². The quantitative estimate of drug-likeness (QED) is 0.854. The van der Waals surface area contributed by atoms with E-state index >= 15 is 0 Å². The fourth-order valence-electron chi connectivity index (χ4n) is 2.27. The van der Waals surface area contributed by atoms with E-state index in [1.165, 1.54) is 5.06 Å². The van der Waals surface area contributed by atoms with Crippen LogP contribution in [0.3, 0.4) is 0 Å². The first-order valence-corrected chi connectivity index (χ1v) is 6.79. The van der Waals surface area contributed by atoms with Crippen molar-refractivity contribution in [2.45, 2.75) is 12.5 Å². The molecule has 1 atom stereocenters. The van der Waals surface area contributed by atoms with Gasteiger partial charge in [0, 0.05) is 26.2 Å². The molecule has 0 aromatic heterocycles. The molecule has 1 fully saturated rings. The van der Waals surface area contributed by atoms with Gasteiger partial charge in [-0.05, 0) is 5.56 Å². The van der Waals surface area contributed by atoms with Crippen LogP contribution in [0, 0.1) is 0 Å². The summed E-state index contributed by atoms with van der Waals surface area (Å²) in [4.78, 5) is 24.9. The molecule has 21 heavy (non-hydrogen) atoms. The Morgan fingerprint density at radius 2 is 1.81 bits per heavy atom. The molecule has 0 bridgehead atoms. The number of hydrogen-bond acceptors (Lipinski definition) is 5. The zero-order valence-corrected chi connectivity index (χ0v) is 11.6. The summed E-state index contributed by atoms with van der Waals surface area (Å²) in [6.45, 7) is 1.73. The highest BCUT2D eigenvalue weighted by Gasteiger charge is 2.25. The summed E-state index contributed by atoms with van der Waals surface area (Å²) in [7, 11) is 0. The van der Waals surface area contributed by atoms with Crippen LogP contribution in [0.2, 0.25) is 0 Å². The van der Waals surface area contributed by atoms with Crippen molar-refractivity contribution in [3.05, 3.63) is 35.9 Å². The van der Waals surface area contributed by atoms with Crippen LogP contribution < -0.4 is 5.73 Å². The largest absolute Gasteiger partial charge is 0.441 e. The minimum absolute atomic E-state index is 0.0401. The summed E-state index contributed by atoms with van der Waals surface area (Å²) >= 11 is 0. The van der Waals surface area contributed by atoms with Gasteiger partial charge < -0.3 is 20.6 Å². The molecule has 0 radical (unpaired) electrons. The number of amides is 2. The highest BCUT2D eigenvalue weighted by atomic mass is 16.6. The Balaban J connectivity index is 2.01. The van der Waals surface area contributed by atoms with E-state index in [1.54, 1.807) is 17.0 Å². The van der Waals surface area contributed by atoms with Crippen LogP contribution in [0.15, 0.2) is 30.3 Å². The molecule has 0 spiro atoms. The fourth-order valence-corrected chi connectivity index (χ4v) is 2.27. The van der Waals surface area contributed by atoms with Gasteiger partial charge in [-0.3, -0.25) is 4.79 Å². The number of hydroxylamine groups is 2. The lowest BCUT2D eigenvalue weighted by molar-refractivity contribution is -0.147. The summed E-state index contributed by atoms with van der Waals surface area (Å²) in [5, 5.41) is 10.5. The van der Waals surface area contributed by atoms with Crippen LogP contribution >= 0.6 is 0 Å².